The molecule has 0 radical (unpaired) electrons. The van der Waals surface area contributed by atoms with Crippen LogP contribution in [-0.2, 0) is 10.4 Å². The van der Waals surface area contributed by atoms with E-state index in [1.54, 1.807) is 12.1 Å². The third-order valence-corrected chi connectivity index (χ3v) is 4.09. The number of rotatable bonds is 5. The summed E-state index contributed by atoms with van der Waals surface area (Å²) in [5.74, 6) is -0.820. The molecule has 128 valence electrons. The van der Waals surface area contributed by atoms with Gasteiger partial charge in [-0.15, -0.1) is 0 Å². The minimum atomic E-state index is -2.17. The van der Waals surface area contributed by atoms with Crippen LogP contribution in [0.5, 0.6) is 5.75 Å². The molecule has 25 heavy (non-hydrogen) atoms. The molecule has 1 aliphatic heterocycles. The van der Waals surface area contributed by atoms with E-state index in [1.807, 2.05) is 0 Å². The maximum Gasteiger partial charge on any atom is 0.269 e. The summed E-state index contributed by atoms with van der Waals surface area (Å²) in [5.41, 5.74) is -1.91. The van der Waals surface area contributed by atoms with Gasteiger partial charge < -0.3 is 15.2 Å². The van der Waals surface area contributed by atoms with E-state index in [9.17, 15) is 24.8 Å². The van der Waals surface area contributed by atoms with E-state index >= 15 is 0 Å². The van der Waals surface area contributed by atoms with Crippen molar-refractivity contribution in [3.05, 3.63) is 63.7 Å². The number of benzene rings is 2. The lowest BCUT2D eigenvalue weighted by Crippen LogP contribution is -2.36. The molecule has 3 rings (SSSR count). The van der Waals surface area contributed by atoms with Gasteiger partial charge in [0.1, 0.15) is 5.75 Å². The molecule has 1 atom stereocenters. The number of ketones is 1. The average Bonchev–Trinajstić information content (AvgIpc) is 2.85. The molecule has 2 aromatic rings. The highest BCUT2D eigenvalue weighted by Gasteiger charge is 2.47. The van der Waals surface area contributed by atoms with Crippen molar-refractivity contribution in [2.45, 2.75) is 12.0 Å². The first-order valence-electron chi connectivity index (χ1n) is 7.35. The van der Waals surface area contributed by atoms with Crippen LogP contribution in [-0.4, -0.2) is 28.8 Å². The zero-order valence-electron chi connectivity index (χ0n) is 13.2. The van der Waals surface area contributed by atoms with Crippen molar-refractivity contribution in [3.8, 4) is 5.75 Å². The number of ether oxygens (including phenoxy) is 1. The summed E-state index contributed by atoms with van der Waals surface area (Å²) in [5, 5.41) is 24.2. The second-order valence-electron chi connectivity index (χ2n) is 5.63. The number of non-ortho nitro benzene ring substituents is 1. The maximum atomic E-state index is 12.5. The lowest BCUT2D eigenvalue weighted by atomic mass is 9.88. The predicted octanol–water partition coefficient (Wildman–Crippen LogP) is 2.02. The Morgan fingerprint density at radius 1 is 1.32 bits per heavy atom. The van der Waals surface area contributed by atoms with Crippen molar-refractivity contribution in [1.82, 2.24) is 0 Å². The van der Waals surface area contributed by atoms with E-state index in [0.29, 0.717) is 5.75 Å². The van der Waals surface area contributed by atoms with Gasteiger partial charge in [0.15, 0.2) is 11.4 Å². The number of hydrogen-bond donors (Lipinski definition) is 2. The molecule has 8 nitrogen and oxygen atoms in total. The molecular formula is C17H14N2O6. The normalized spacial score (nSPS) is 18.4. The van der Waals surface area contributed by atoms with Gasteiger partial charge in [-0.05, 0) is 18.2 Å². The van der Waals surface area contributed by atoms with Crippen LogP contribution in [0.15, 0.2) is 42.5 Å². The van der Waals surface area contributed by atoms with Crippen LogP contribution in [0.1, 0.15) is 22.3 Å². The Kier molecular flexibility index (Phi) is 3.97. The monoisotopic (exact) mass is 342 g/mol. The van der Waals surface area contributed by atoms with Crippen LogP contribution in [0.3, 0.4) is 0 Å². The van der Waals surface area contributed by atoms with Crippen molar-refractivity contribution < 1.29 is 24.4 Å². The number of Topliss-reactive ketones (excluding diaryl/α,β-unsaturated/α-hetero) is 1. The Morgan fingerprint density at radius 2 is 2.08 bits per heavy atom. The van der Waals surface area contributed by atoms with E-state index in [1.165, 1.54) is 31.4 Å². The van der Waals surface area contributed by atoms with Gasteiger partial charge in [0.05, 0.1) is 18.5 Å². The fourth-order valence-electron chi connectivity index (χ4n) is 2.75. The smallest absolute Gasteiger partial charge is 0.269 e. The SMILES string of the molecule is COc1cccc(C(=O)C[C@@]2(O)C(=O)Nc3ccc([N+](=O)[O-])cc32)c1. The summed E-state index contributed by atoms with van der Waals surface area (Å²) in [4.78, 5) is 35.0. The van der Waals surface area contributed by atoms with Crippen LogP contribution >= 0.6 is 0 Å². The predicted molar refractivity (Wildman–Crippen MR) is 87.6 cm³/mol. The molecule has 2 aromatic carbocycles. The first kappa shape index (κ1) is 16.6. The number of hydrogen-bond acceptors (Lipinski definition) is 6. The first-order valence-corrected chi connectivity index (χ1v) is 7.35. The largest absolute Gasteiger partial charge is 0.497 e. The lowest BCUT2D eigenvalue weighted by molar-refractivity contribution is -0.385. The number of nitrogens with zero attached hydrogens (tertiary/aromatic N) is 1. The zero-order chi connectivity index (χ0) is 18.2. The molecule has 0 saturated carbocycles. The summed E-state index contributed by atoms with van der Waals surface area (Å²) in [6.45, 7) is 0. The van der Waals surface area contributed by atoms with Crippen LogP contribution in [0, 0.1) is 10.1 Å². The van der Waals surface area contributed by atoms with Crippen LogP contribution in [0.4, 0.5) is 11.4 Å². The van der Waals surface area contributed by atoms with Crippen molar-refractivity contribution in [3.63, 3.8) is 0 Å². The molecule has 1 heterocycles. The van der Waals surface area contributed by atoms with Gasteiger partial charge in [0.2, 0.25) is 0 Å². The minimum Gasteiger partial charge on any atom is -0.497 e. The number of aliphatic hydroxyl groups is 1. The van der Waals surface area contributed by atoms with Gasteiger partial charge in [0, 0.05) is 28.9 Å². The van der Waals surface area contributed by atoms with Crippen molar-refractivity contribution in [2.24, 2.45) is 0 Å². The number of fused-ring (bicyclic) bond motifs is 1. The van der Waals surface area contributed by atoms with Gasteiger partial charge in [-0.3, -0.25) is 19.7 Å². The van der Waals surface area contributed by atoms with Gasteiger partial charge in [-0.1, -0.05) is 12.1 Å². The summed E-state index contributed by atoms with van der Waals surface area (Å²) >= 11 is 0. The van der Waals surface area contributed by atoms with Gasteiger partial charge in [-0.25, -0.2) is 0 Å². The number of nitrogens with one attached hydrogen (secondary N) is 1. The molecule has 0 bridgehead atoms. The number of carbonyl (C=O) groups excluding carboxylic acids is 2. The molecule has 1 aliphatic rings. The third-order valence-electron chi connectivity index (χ3n) is 4.09. The Hall–Kier alpha value is -3.26. The molecule has 0 unspecified atom stereocenters. The highest BCUT2D eigenvalue weighted by atomic mass is 16.6. The Balaban J connectivity index is 1.96. The molecule has 0 aromatic heterocycles. The van der Waals surface area contributed by atoms with Crippen molar-refractivity contribution >= 4 is 23.1 Å². The van der Waals surface area contributed by atoms with Crippen molar-refractivity contribution in [1.29, 1.82) is 0 Å². The average molecular weight is 342 g/mol. The molecule has 0 saturated heterocycles. The molecule has 0 spiro atoms. The van der Waals surface area contributed by atoms with Gasteiger partial charge >= 0.3 is 0 Å². The van der Waals surface area contributed by atoms with Gasteiger partial charge in [-0.2, -0.15) is 0 Å². The number of methoxy groups -OCH3 is 1. The Morgan fingerprint density at radius 3 is 2.76 bits per heavy atom. The second-order valence-corrected chi connectivity index (χ2v) is 5.63. The van der Waals surface area contributed by atoms with Crippen LogP contribution < -0.4 is 10.1 Å². The van der Waals surface area contributed by atoms with E-state index < -0.39 is 28.6 Å². The molecule has 0 aliphatic carbocycles. The number of amides is 1. The zero-order valence-corrected chi connectivity index (χ0v) is 13.2. The topological polar surface area (TPSA) is 119 Å². The second kappa shape index (κ2) is 5.99. The Labute approximate surface area is 142 Å². The highest BCUT2D eigenvalue weighted by molar-refractivity contribution is 6.09. The lowest BCUT2D eigenvalue weighted by Gasteiger charge is -2.20. The van der Waals surface area contributed by atoms with Crippen LogP contribution in [0.25, 0.3) is 0 Å². The molecule has 2 N–H and O–H groups in total. The van der Waals surface area contributed by atoms with E-state index in [-0.39, 0.29) is 22.5 Å². The van der Waals surface area contributed by atoms with Crippen molar-refractivity contribution in [2.75, 3.05) is 12.4 Å². The molecule has 1 amide bonds. The standard InChI is InChI=1S/C17H14N2O6/c1-25-12-4-2-3-10(7-12)15(20)9-17(22)13-8-11(19(23)24)5-6-14(13)18-16(17)21/h2-8,22H,9H2,1H3,(H,18,21)/t17-/m0/s1. The van der Waals surface area contributed by atoms with E-state index in [0.717, 1.165) is 6.07 Å². The highest BCUT2D eigenvalue weighted by Crippen LogP contribution is 2.40. The van der Waals surface area contributed by atoms with Gasteiger partial charge in [0.25, 0.3) is 11.6 Å². The van der Waals surface area contributed by atoms with E-state index in [2.05, 4.69) is 5.32 Å². The maximum absolute atomic E-state index is 12.5. The number of anilines is 1. The minimum absolute atomic E-state index is 0.0166. The summed E-state index contributed by atoms with van der Waals surface area (Å²) < 4.78 is 5.05. The number of nitro groups is 1. The molecule has 0 fully saturated rings. The number of carbonyl (C=O) groups is 2. The fraction of sp³-hybridized carbons (Fsp3) is 0.176. The first-order chi connectivity index (χ1) is 11.8. The Bertz CT molecular complexity index is 894. The summed E-state index contributed by atoms with van der Waals surface area (Å²) in [6.07, 6.45) is -0.541. The quantitative estimate of drug-likeness (QED) is 0.487. The molecule has 8 heteroatoms. The summed E-state index contributed by atoms with van der Waals surface area (Å²) in [7, 11) is 1.46. The fourth-order valence-corrected chi connectivity index (χ4v) is 2.75. The molecular weight excluding hydrogens is 328 g/mol. The third kappa shape index (κ3) is 2.83. The summed E-state index contributed by atoms with van der Waals surface area (Å²) in [6, 6.07) is 9.96. The van der Waals surface area contributed by atoms with E-state index in [4.69, 9.17) is 4.74 Å². The van der Waals surface area contributed by atoms with Crippen LogP contribution in [0.2, 0.25) is 0 Å². The number of nitro benzene ring substituents is 1.